The quantitative estimate of drug-likeness (QED) is 0.453. The lowest BCUT2D eigenvalue weighted by Crippen LogP contribution is -2.01. The highest BCUT2D eigenvalue weighted by Crippen LogP contribution is 2.30. The van der Waals surface area contributed by atoms with Gasteiger partial charge in [0.1, 0.15) is 12.4 Å². The van der Waals surface area contributed by atoms with Gasteiger partial charge >= 0.3 is 5.69 Å². The first-order chi connectivity index (χ1) is 10.0. The number of hydrogen-bond acceptors (Lipinski definition) is 3. The van der Waals surface area contributed by atoms with Gasteiger partial charge < -0.3 is 4.74 Å². The molecule has 2 rings (SSSR count). The maximum Gasteiger partial charge on any atom is 0.310 e. The summed E-state index contributed by atoms with van der Waals surface area (Å²) in [5.74, 6) is -0.296. The van der Waals surface area contributed by atoms with Crippen molar-refractivity contribution in [3.63, 3.8) is 0 Å². The number of hydrogen-bond donors (Lipinski definition) is 0. The second kappa shape index (κ2) is 6.74. The summed E-state index contributed by atoms with van der Waals surface area (Å²) in [6.45, 7) is -0.0802. The van der Waals surface area contributed by atoms with Crippen molar-refractivity contribution in [3.05, 3.63) is 68.5 Å². The first-order valence-electron chi connectivity index (χ1n) is 5.92. The highest BCUT2D eigenvalue weighted by atomic mass is 35.5. The number of alkyl halides is 1. The van der Waals surface area contributed by atoms with Gasteiger partial charge in [-0.25, -0.2) is 4.39 Å². The Hall–Kier alpha value is -1.85. The molecule has 0 spiro atoms. The number of nitrogens with zero attached hydrogens (tertiary/aromatic N) is 1. The fraction of sp³-hybridized carbons (Fsp3) is 0.143. The van der Waals surface area contributed by atoms with Gasteiger partial charge in [0.15, 0.2) is 5.75 Å². The largest absolute Gasteiger partial charge is 0.482 e. The number of ether oxygens (including phenoxy) is 1. The molecule has 0 aliphatic heterocycles. The first kappa shape index (κ1) is 15.5. The minimum atomic E-state index is -0.568. The first-order valence-corrected chi connectivity index (χ1v) is 6.83. The van der Waals surface area contributed by atoms with E-state index in [1.165, 1.54) is 24.3 Å². The minimum Gasteiger partial charge on any atom is -0.482 e. The fourth-order valence-electron chi connectivity index (χ4n) is 1.72. The van der Waals surface area contributed by atoms with Crippen LogP contribution in [0.3, 0.4) is 0 Å². The third-order valence-electron chi connectivity index (χ3n) is 2.79. The van der Waals surface area contributed by atoms with Crippen molar-refractivity contribution in [1.82, 2.24) is 0 Å². The maximum absolute atomic E-state index is 13.3. The van der Waals surface area contributed by atoms with Gasteiger partial charge in [-0.2, -0.15) is 0 Å². The molecule has 0 radical (unpaired) electrons. The van der Waals surface area contributed by atoms with Gasteiger partial charge in [-0.05, 0) is 17.7 Å². The Kier molecular flexibility index (Phi) is 4.98. The molecule has 2 aromatic rings. The standard InChI is InChI=1S/C14H10Cl2FNO3/c15-7-9-4-5-12(18(19)20)13(6-9)21-8-10-2-1-3-11(17)14(10)16/h1-6H,7-8H2. The average molecular weight is 330 g/mol. The molecule has 110 valence electrons. The van der Waals surface area contributed by atoms with Crippen molar-refractivity contribution < 1.29 is 14.1 Å². The Bertz CT molecular complexity index is 679. The summed E-state index contributed by atoms with van der Waals surface area (Å²) in [7, 11) is 0. The molecule has 0 heterocycles. The molecule has 0 saturated heterocycles. The van der Waals surface area contributed by atoms with E-state index in [0.717, 1.165) is 0 Å². The summed E-state index contributed by atoms with van der Waals surface area (Å²) in [5, 5.41) is 10.9. The van der Waals surface area contributed by atoms with Crippen LogP contribution in [0.4, 0.5) is 10.1 Å². The Labute approximate surface area is 130 Å². The van der Waals surface area contributed by atoms with Crippen LogP contribution < -0.4 is 4.74 Å². The summed E-state index contributed by atoms with van der Waals surface area (Å²) >= 11 is 11.5. The van der Waals surface area contributed by atoms with E-state index in [9.17, 15) is 14.5 Å². The smallest absolute Gasteiger partial charge is 0.310 e. The van der Waals surface area contributed by atoms with Gasteiger partial charge in [0.2, 0.25) is 0 Å². The highest BCUT2D eigenvalue weighted by molar-refractivity contribution is 6.31. The molecule has 0 aliphatic rings. The molecular weight excluding hydrogens is 320 g/mol. The molecular formula is C14H10Cl2FNO3. The minimum absolute atomic E-state index is 0.0614. The second-order valence-electron chi connectivity index (χ2n) is 4.19. The SMILES string of the molecule is O=[N+]([O-])c1ccc(CCl)cc1OCc1cccc(F)c1Cl. The maximum atomic E-state index is 13.3. The number of nitro groups is 1. The van der Waals surface area contributed by atoms with Crippen LogP contribution in [0, 0.1) is 15.9 Å². The highest BCUT2D eigenvalue weighted by Gasteiger charge is 2.16. The number of rotatable bonds is 5. The van der Waals surface area contributed by atoms with E-state index in [-0.39, 0.29) is 28.9 Å². The van der Waals surface area contributed by atoms with Crippen molar-refractivity contribution >= 4 is 28.9 Å². The molecule has 0 amide bonds. The average Bonchev–Trinajstić information content (AvgIpc) is 2.48. The van der Waals surface area contributed by atoms with E-state index in [0.29, 0.717) is 11.1 Å². The van der Waals surface area contributed by atoms with Gasteiger partial charge in [-0.1, -0.05) is 29.8 Å². The zero-order valence-corrected chi connectivity index (χ0v) is 12.2. The molecule has 0 bridgehead atoms. The van der Waals surface area contributed by atoms with Crippen LogP contribution >= 0.6 is 23.2 Å². The Morgan fingerprint density at radius 2 is 2.05 bits per heavy atom. The van der Waals surface area contributed by atoms with Crippen LogP contribution in [0.2, 0.25) is 5.02 Å². The lowest BCUT2D eigenvalue weighted by Gasteiger charge is -2.09. The molecule has 7 heteroatoms. The van der Waals surface area contributed by atoms with Crippen LogP contribution in [0.5, 0.6) is 5.75 Å². The van der Waals surface area contributed by atoms with E-state index in [4.69, 9.17) is 27.9 Å². The number of benzene rings is 2. The Morgan fingerprint density at radius 1 is 1.29 bits per heavy atom. The van der Waals surface area contributed by atoms with E-state index < -0.39 is 10.7 Å². The summed E-state index contributed by atoms with van der Waals surface area (Å²) in [4.78, 5) is 10.4. The monoisotopic (exact) mass is 329 g/mol. The third kappa shape index (κ3) is 3.62. The van der Waals surface area contributed by atoms with Crippen molar-refractivity contribution in [2.75, 3.05) is 0 Å². The topological polar surface area (TPSA) is 52.4 Å². The van der Waals surface area contributed by atoms with Gasteiger partial charge in [0.05, 0.1) is 9.95 Å². The lowest BCUT2D eigenvalue weighted by molar-refractivity contribution is -0.386. The Morgan fingerprint density at radius 3 is 2.71 bits per heavy atom. The molecule has 0 aliphatic carbocycles. The van der Waals surface area contributed by atoms with E-state index in [2.05, 4.69) is 0 Å². The molecule has 0 atom stereocenters. The molecule has 0 saturated carbocycles. The number of nitro benzene ring substituents is 1. The van der Waals surface area contributed by atoms with Crippen molar-refractivity contribution in [2.24, 2.45) is 0 Å². The molecule has 0 aromatic heterocycles. The summed E-state index contributed by atoms with van der Waals surface area (Å²) in [6.07, 6.45) is 0. The second-order valence-corrected chi connectivity index (χ2v) is 4.84. The zero-order valence-electron chi connectivity index (χ0n) is 10.7. The van der Waals surface area contributed by atoms with Crippen LogP contribution in [0.1, 0.15) is 11.1 Å². The van der Waals surface area contributed by atoms with Gasteiger partial charge in [0, 0.05) is 17.5 Å². The fourth-order valence-corrected chi connectivity index (χ4v) is 2.07. The molecule has 0 N–H and O–H groups in total. The predicted molar refractivity (Wildman–Crippen MR) is 78.4 cm³/mol. The van der Waals surface area contributed by atoms with Crippen LogP contribution in [-0.4, -0.2) is 4.92 Å². The third-order valence-corrected chi connectivity index (χ3v) is 3.52. The van der Waals surface area contributed by atoms with Crippen molar-refractivity contribution in [2.45, 2.75) is 12.5 Å². The molecule has 21 heavy (non-hydrogen) atoms. The van der Waals surface area contributed by atoms with Crippen molar-refractivity contribution in [3.8, 4) is 5.75 Å². The summed E-state index contributed by atoms with van der Waals surface area (Å²) in [5.41, 5.74) is 0.904. The van der Waals surface area contributed by atoms with Crippen molar-refractivity contribution in [1.29, 1.82) is 0 Å². The molecule has 4 nitrogen and oxygen atoms in total. The normalized spacial score (nSPS) is 10.4. The predicted octanol–water partition coefficient (Wildman–Crippen LogP) is 4.71. The van der Waals surface area contributed by atoms with Crippen LogP contribution in [0.15, 0.2) is 36.4 Å². The van der Waals surface area contributed by atoms with Gasteiger partial charge in [0.25, 0.3) is 0 Å². The summed E-state index contributed by atoms with van der Waals surface area (Å²) < 4.78 is 18.7. The zero-order chi connectivity index (χ0) is 15.4. The number of halogens is 3. The van der Waals surface area contributed by atoms with Gasteiger partial charge in [-0.3, -0.25) is 10.1 Å². The molecule has 2 aromatic carbocycles. The summed E-state index contributed by atoms with van der Waals surface area (Å²) in [6, 6.07) is 8.65. The van der Waals surface area contributed by atoms with Crippen LogP contribution in [-0.2, 0) is 12.5 Å². The van der Waals surface area contributed by atoms with Crippen LogP contribution in [0.25, 0.3) is 0 Å². The molecule has 0 unspecified atom stereocenters. The van der Waals surface area contributed by atoms with E-state index in [1.807, 2.05) is 0 Å². The van der Waals surface area contributed by atoms with Gasteiger partial charge in [-0.15, -0.1) is 11.6 Å². The Balaban J connectivity index is 2.26. The lowest BCUT2D eigenvalue weighted by atomic mass is 10.2. The van der Waals surface area contributed by atoms with E-state index in [1.54, 1.807) is 12.1 Å². The molecule has 0 fully saturated rings. The van der Waals surface area contributed by atoms with E-state index >= 15 is 0 Å².